The van der Waals surface area contributed by atoms with Gasteiger partial charge in [-0.3, -0.25) is 9.69 Å². The van der Waals surface area contributed by atoms with Crippen LogP contribution in [0.25, 0.3) is 0 Å². The van der Waals surface area contributed by atoms with Gasteiger partial charge in [-0.05, 0) is 50.6 Å². The van der Waals surface area contributed by atoms with Crippen LogP contribution in [0.5, 0.6) is 0 Å². The van der Waals surface area contributed by atoms with E-state index in [4.69, 9.17) is 0 Å². The summed E-state index contributed by atoms with van der Waals surface area (Å²) in [5.41, 5.74) is 0.956. The van der Waals surface area contributed by atoms with Gasteiger partial charge in [0.2, 0.25) is 5.91 Å². The monoisotopic (exact) mass is 349 g/mol. The molecule has 1 aliphatic rings. The van der Waals surface area contributed by atoms with E-state index in [2.05, 4.69) is 23.6 Å². The Morgan fingerprint density at radius 1 is 1.20 bits per heavy atom. The number of benzene rings is 1. The average molecular weight is 349 g/mol. The van der Waals surface area contributed by atoms with Gasteiger partial charge in [0.15, 0.2) is 0 Å². The van der Waals surface area contributed by atoms with Gasteiger partial charge in [-0.25, -0.2) is 4.39 Å². The summed E-state index contributed by atoms with van der Waals surface area (Å²) in [6.45, 7) is 11.0. The maximum atomic E-state index is 13.1. The van der Waals surface area contributed by atoms with E-state index in [1.54, 1.807) is 17.0 Å². The molecule has 1 aliphatic heterocycles. The number of amides is 1. The number of nitrogens with zero attached hydrogens (tertiary/aromatic N) is 3. The SMILES string of the molecule is CCN(CC)C1CCN(CC(=O)N(C)C(C)c2ccc(F)cc2)CC1. The lowest BCUT2D eigenvalue weighted by molar-refractivity contribution is -0.133. The van der Waals surface area contributed by atoms with Crippen molar-refractivity contribution in [3.05, 3.63) is 35.6 Å². The van der Waals surface area contributed by atoms with Crippen LogP contribution in [0.2, 0.25) is 0 Å². The molecule has 0 radical (unpaired) electrons. The van der Waals surface area contributed by atoms with E-state index < -0.39 is 0 Å². The van der Waals surface area contributed by atoms with Gasteiger partial charge in [0, 0.05) is 26.2 Å². The summed E-state index contributed by atoms with van der Waals surface area (Å²) in [7, 11) is 1.83. The van der Waals surface area contributed by atoms with Crippen LogP contribution < -0.4 is 0 Å². The fraction of sp³-hybridized carbons (Fsp3) is 0.650. The van der Waals surface area contributed by atoms with Gasteiger partial charge in [-0.1, -0.05) is 26.0 Å². The molecule has 0 spiro atoms. The van der Waals surface area contributed by atoms with E-state index in [9.17, 15) is 9.18 Å². The van der Waals surface area contributed by atoms with Crippen molar-refractivity contribution in [1.29, 1.82) is 0 Å². The maximum Gasteiger partial charge on any atom is 0.236 e. The zero-order valence-electron chi connectivity index (χ0n) is 16.0. The smallest absolute Gasteiger partial charge is 0.236 e. The summed E-state index contributed by atoms with van der Waals surface area (Å²) in [5, 5.41) is 0. The summed E-state index contributed by atoms with van der Waals surface area (Å²) >= 11 is 0. The Hall–Kier alpha value is -1.46. The fourth-order valence-electron chi connectivity index (χ4n) is 3.67. The first-order valence-electron chi connectivity index (χ1n) is 9.43. The largest absolute Gasteiger partial charge is 0.338 e. The average Bonchev–Trinajstić information content (AvgIpc) is 2.63. The van der Waals surface area contributed by atoms with Crippen molar-refractivity contribution < 1.29 is 9.18 Å². The minimum Gasteiger partial charge on any atom is -0.338 e. The Morgan fingerprint density at radius 3 is 2.28 bits per heavy atom. The quantitative estimate of drug-likeness (QED) is 0.757. The molecular formula is C20H32FN3O. The van der Waals surface area contributed by atoms with E-state index >= 15 is 0 Å². The highest BCUT2D eigenvalue weighted by molar-refractivity contribution is 5.78. The summed E-state index contributed by atoms with van der Waals surface area (Å²) in [5.74, 6) is -0.126. The first kappa shape index (κ1) is 19.9. The highest BCUT2D eigenvalue weighted by Crippen LogP contribution is 2.20. The second kappa shape index (κ2) is 9.30. The Labute approximate surface area is 151 Å². The number of halogens is 1. The summed E-state index contributed by atoms with van der Waals surface area (Å²) in [6, 6.07) is 6.99. The van der Waals surface area contributed by atoms with E-state index in [0.29, 0.717) is 12.6 Å². The normalized spacial score (nSPS) is 17.7. The highest BCUT2D eigenvalue weighted by Gasteiger charge is 2.26. The summed E-state index contributed by atoms with van der Waals surface area (Å²) < 4.78 is 13.1. The number of carbonyl (C=O) groups excluding carboxylic acids is 1. The molecule has 4 nitrogen and oxygen atoms in total. The van der Waals surface area contributed by atoms with Gasteiger partial charge in [-0.15, -0.1) is 0 Å². The van der Waals surface area contributed by atoms with Crippen LogP contribution in [0, 0.1) is 5.82 Å². The molecule has 5 heteroatoms. The topological polar surface area (TPSA) is 26.8 Å². The number of rotatable bonds is 7. The number of hydrogen-bond donors (Lipinski definition) is 0. The summed E-state index contributed by atoms with van der Waals surface area (Å²) in [4.78, 5) is 19.2. The molecule has 0 aliphatic carbocycles. The molecule has 0 N–H and O–H groups in total. The van der Waals surface area contributed by atoms with Crippen LogP contribution in [0.4, 0.5) is 4.39 Å². The van der Waals surface area contributed by atoms with E-state index in [0.717, 1.165) is 44.6 Å². The van der Waals surface area contributed by atoms with Gasteiger partial charge in [0.1, 0.15) is 5.82 Å². The molecule has 1 amide bonds. The third-order valence-electron chi connectivity index (χ3n) is 5.57. The van der Waals surface area contributed by atoms with Gasteiger partial charge in [0.25, 0.3) is 0 Å². The van der Waals surface area contributed by atoms with Crippen LogP contribution in [0.15, 0.2) is 24.3 Å². The van der Waals surface area contributed by atoms with Crippen molar-refractivity contribution in [2.45, 2.75) is 45.7 Å². The minimum atomic E-state index is -0.249. The molecule has 0 aromatic heterocycles. The lowest BCUT2D eigenvalue weighted by atomic mass is 10.0. The Balaban J connectivity index is 1.84. The van der Waals surface area contributed by atoms with Gasteiger partial charge >= 0.3 is 0 Å². The van der Waals surface area contributed by atoms with Crippen molar-refractivity contribution in [1.82, 2.24) is 14.7 Å². The van der Waals surface area contributed by atoms with Crippen molar-refractivity contribution in [2.24, 2.45) is 0 Å². The van der Waals surface area contributed by atoms with Gasteiger partial charge in [0.05, 0.1) is 12.6 Å². The van der Waals surface area contributed by atoms with E-state index in [1.165, 1.54) is 12.1 Å². The molecule has 25 heavy (non-hydrogen) atoms. The fourth-order valence-corrected chi connectivity index (χ4v) is 3.67. The molecule has 1 aromatic carbocycles. The molecule has 1 atom stereocenters. The highest BCUT2D eigenvalue weighted by atomic mass is 19.1. The number of likely N-dealkylation sites (N-methyl/N-ethyl adjacent to an activating group) is 1. The zero-order chi connectivity index (χ0) is 18.4. The van der Waals surface area contributed by atoms with Crippen LogP contribution in [0.3, 0.4) is 0 Å². The van der Waals surface area contributed by atoms with Crippen LogP contribution in [0.1, 0.15) is 45.2 Å². The number of piperidine rings is 1. The standard InChI is InChI=1S/C20H32FN3O/c1-5-24(6-2)19-11-13-23(14-12-19)15-20(25)22(4)16(3)17-7-9-18(21)10-8-17/h7-10,16,19H,5-6,11-15H2,1-4H3. The molecule has 140 valence electrons. The van der Waals surface area contributed by atoms with Crippen LogP contribution in [-0.4, -0.2) is 66.4 Å². The Morgan fingerprint density at radius 2 is 1.76 bits per heavy atom. The maximum absolute atomic E-state index is 13.1. The second-order valence-electron chi connectivity index (χ2n) is 6.96. The molecule has 1 saturated heterocycles. The zero-order valence-corrected chi connectivity index (χ0v) is 16.0. The molecular weight excluding hydrogens is 317 g/mol. The number of carbonyl (C=O) groups is 1. The van der Waals surface area contributed by atoms with Gasteiger partial charge < -0.3 is 9.80 Å². The molecule has 1 heterocycles. The lowest BCUT2D eigenvalue weighted by Gasteiger charge is -2.38. The minimum absolute atomic E-state index is 0.0543. The van der Waals surface area contributed by atoms with Crippen molar-refractivity contribution >= 4 is 5.91 Å². The Kier molecular flexibility index (Phi) is 7.38. The van der Waals surface area contributed by atoms with E-state index in [1.807, 2.05) is 14.0 Å². The first-order valence-corrected chi connectivity index (χ1v) is 9.43. The summed E-state index contributed by atoms with van der Waals surface area (Å²) in [6.07, 6.45) is 2.26. The van der Waals surface area contributed by atoms with Crippen molar-refractivity contribution in [3.63, 3.8) is 0 Å². The number of hydrogen-bond acceptors (Lipinski definition) is 3. The predicted molar refractivity (Wildman–Crippen MR) is 100.0 cm³/mol. The van der Waals surface area contributed by atoms with Crippen LogP contribution >= 0.6 is 0 Å². The number of likely N-dealkylation sites (tertiary alicyclic amines) is 1. The third kappa shape index (κ3) is 5.25. The molecule has 0 saturated carbocycles. The molecule has 1 fully saturated rings. The van der Waals surface area contributed by atoms with Gasteiger partial charge in [-0.2, -0.15) is 0 Å². The predicted octanol–water partition coefficient (Wildman–Crippen LogP) is 3.15. The first-order chi connectivity index (χ1) is 12.0. The molecule has 0 bridgehead atoms. The second-order valence-corrected chi connectivity index (χ2v) is 6.96. The lowest BCUT2D eigenvalue weighted by Crippen LogP contribution is -2.47. The van der Waals surface area contributed by atoms with Crippen molar-refractivity contribution in [2.75, 3.05) is 39.8 Å². The molecule has 1 aromatic rings. The Bertz CT molecular complexity index is 536. The van der Waals surface area contributed by atoms with Crippen LogP contribution in [-0.2, 0) is 4.79 Å². The third-order valence-corrected chi connectivity index (χ3v) is 5.57. The van der Waals surface area contributed by atoms with E-state index in [-0.39, 0.29) is 17.8 Å². The molecule has 1 unspecified atom stereocenters. The molecule has 2 rings (SSSR count). The van der Waals surface area contributed by atoms with Crippen molar-refractivity contribution in [3.8, 4) is 0 Å².